The van der Waals surface area contributed by atoms with Crippen molar-refractivity contribution in [3.63, 3.8) is 0 Å². The number of aryl methyl sites for hydroxylation is 1. The third-order valence-electron chi connectivity index (χ3n) is 4.40. The summed E-state index contributed by atoms with van der Waals surface area (Å²) in [6, 6.07) is 4.51. The molecule has 1 aromatic heterocycles. The van der Waals surface area contributed by atoms with Gasteiger partial charge in [0.25, 0.3) is 0 Å². The van der Waals surface area contributed by atoms with Crippen LogP contribution >= 0.6 is 0 Å². The Hall–Kier alpha value is -1.93. The van der Waals surface area contributed by atoms with Crippen LogP contribution in [-0.4, -0.2) is 26.1 Å². The van der Waals surface area contributed by atoms with Crippen molar-refractivity contribution in [2.45, 2.75) is 43.6 Å². The van der Waals surface area contributed by atoms with E-state index in [1.165, 1.54) is 12.1 Å². The van der Waals surface area contributed by atoms with Gasteiger partial charge in [-0.25, -0.2) is 0 Å². The van der Waals surface area contributed by atoms with E-state index in [1.807, 2.05) is 6.92 Å². The van der Waals surface area contributed by atoms with E-state index in [9.17, 15) is 18.3 Å². The Labute approximate surface area is 137 Å². The molecule has 130 valence electrons. The lowest BCUT2D eigenvalue weighted by atomic mass is 9.78. The van der Waals surface area contributed by atoms with Gasteiger partial charge in [0.1, 0.15) is 0 Å². The van der Waals surface area contributed by atoms with Crippen LogP contribution in [0.2, 0.25) is 0 Å². The number of aromatic nitrogens is 3. The summed E-state index contributed by atoms with van der Waals surface area (Å²) in [5.41, 5.74) is -0.744. The number of piperidine rings is 1. The quantitative estimate of drug-likeness (QED) is 0.882. The van der Waals surface area contributed by atoms with Crippen molar-refractivity contribution < 1.29 is 18.3 Å². The van der Waals surface area contributed by atoms with Gasteiger partial charge in [-0.2, -0.15) is 13.2 Å². The van der Waals surface area contributed by atoms with Crippen LogP contribution in [0.3, 0.4) is 0 Å². The van der Waals surface area contributed by atoms with Gasteiger partial charge in [-0.15, -0.1) is 5.10 Å². The van der Waals surface area contributed by atoms with Gasteiger partial charge in [0.05, 0.1) is 22.9 Å². The maximum absolute atomic E-state index is 12.7. The second-order valence-electron chi connectivity index (χ2n) is 6.45. The third-order valence-corrected chi connectivity index (χ3v) is 4.40. The smallest absolute Gasteiger partial charge is 0.385 e. The highest BCUT2D eigenvalue weighted by Gasteiger charge is 2.40. The van der Waals surface area contributed by atoms with E-state index in [-0.39, 0.29) is 12.1 Å². The van der Waals surface area contributed by atoms with Crippen LogP contribution in [0.15, 0.2) is 30.5 Å². The minimum absolute atomic E-state index is 0.0157. The van der Waals surface area contributed by atoms with Crippen molar-refractivity contribution >= 4 is 0 Å². The Morgan fingerprint density at radius 1 is 1.25 bits per heavy atom. The molecule has 0 spiro atoms. The number of aliphatic hydroxyl groups is 1. The van der Waals surface area contributed by atoms with Crippen LogP contribution in [0.1, 0.15) is 42.6 Å². The number of nitrogens with one attached hydrogen (secondary N) is 1. The van der Waals surface area contributed by atoms with E-state index >= 15 is 0 Å². The fraction of sp³-hybridized carbons (Fsp3) is 0.500. The number of alkyl halides is 3. The molecule has 1 aliphatic rings. The van der Waals surface area contributed by atoms with E-state index in [2.05, 4.69) is 15.6 Å². The molecular weight excluding hydrogens is 321 g/mol. The topological polar surface area (TPSA) is 63.0 Å². The lowest BCUT2D eigenvalue weighted by Crippen LogP contribution is -2.47. The summed E-state index contributed by atoms with van der Waals surface area (Å²) >= 11 is 0. The van der Waals surface area contributed by atoms with Crippen LogP contribution < -0.4 is 5.32 Å². The average molecular weight is 340 g/mol. The molecule has 2 aromatic rings. The molecular formula is C16H19F3N4O. The number of nitrogens with zero attached hydrogens (tertiary/aromatic N) is 3. The molecule has 1 fully saturated rings. The third kappa shape index (κ3) is 3.29. The normalized spacial score (nSPS) is 28.1. The Morgan fingerprint density at radius 2 is 1.92 bits per heavy atom. The Balaban J connectivity index is 1.87. The fourth-order valence-electron chi connectivity index (χ4n) is 3.31. The van der Waals surface area contributed by atoms with E-state index in [4.69, 9.17) is 0 Å². The zero-order valence-electron chi connectivity index (χ0n) is 13.4. The van der Waals surface area contributed by atoms with Crippen LogP contribution in [0.5, 0.6) is 0 Å². The number of hydrogen-bond acceptors (Lipinski definition) is 4. The molecule has 0 bridgehead atoms. The highest BCUT2D eigenvalue weighted by atomic mass is 19.4. The van der Waals surface area contributed by atoms with E-state index < -0.39 is 17.3 Å². The van der Waals surface area contributed by atoms with Gasteiger partial charge < -0.3 is 10.4 Å². The summed E-state index contributed by atoms with van der Waals surface area (Å²) in [5.74, 6) is 0. The van der Waals surface area contributed by atoms with Crippen LogP contribution in [-0.2, 0) is 18.8 Å². The lowest BCUT2D eigenvalue weighted by molar-refractivity contribution is -0.137. The van der Waals surface area contributed by atoms with Gasteiger partial charge >= 0.3 is 6.18 Å². The summed E-state index contributed by atoms with van der Waals surface area (Å²) < 4.78 is 39.7. The summed E-state index contributed by atoms with van der Waals surface area (Å²) in [7, 11) is 1.75. The molecule has 0 aliphatic carbocycles. The molecule has 2 N–H and O–H groups in total. The molecule has 3 atom stereocenters. The number of rotatable bonds is 2. The van der Waals surface area contributed by atoms with Crippen molar-refractivity contribution in [2.24, 2.45) is 7.05 Å². The highest BCUT2D eigenvalue weighted by Crippen LogP contribution is 2.40. The van der Waals surface area contributed by atoms with Gasteiger partial charge in [0.15, 0.2) is 0 Å². The zero-order valence-corrected chi connectivity index (χ0v) is 13.4. The summed E-state index contributed by atoms with van der Waals surface area (Å²) in [6.07, 6.45) is -1.88. The first-order chi connectivity index (χ1) is 11.2. The second-order valence-corrected chi connectivity index (χ2v) is 6.45. The first-order valence-electron chi connectivity index (χ1n) is 7.70. The summed E-state index contributed by atoms with van der Waals surface area (Å²) in [6.45, 7) is 1.93. The fourth-order valence-corrected chi connectivity index (χ4v) is 3.31. The molecule has 3 rings (SSSR count). The molecule has 1 aromatic carbocycles. The van der Waals surface area contributed by atoms with Gasteiger partial charge in [0.2, 0.25) is 0 Å². The number of hydrogen-bond donors (Lipinski definition) is 2. The average Bonchev–Trinajstić information content (AvgIpc) is 2.92. The van der Waals surface area contributed by atoms with Gasteiger partial charge in [-0.05, 0) is 31.0 Å². The molecule has 2 heterocycles. The molecule has 0 radical (unpaired) electrons. The SMILES string of the molecule is CC1CC(O)(c2ccc(C(F)(F)F)cc2)CC(c2cn(C)nn2)N1. The van der Waals surface area contributed by atoms with Crippen LogP contribution in [0.4, 0.5) is 13.2 Å². The Kier molecular flexibility index (Phi) is 4.13. The maximum atomic E-state index is 12.7. The Bertz CT molecular complexity index is 713. The summed E-state index contributed by atoms with van der Waals surface area (Å²) in [4.78, 5) is 0. The summed E-state index contributed by atoms with van der Waals surface area (Å²) in [5, 5.41) is 22.4. The molecule has 3 unspecified atom stereocenters. The predicted molar refractivity (Wildman–Crippen MR) is 80.9 cm³/mol. The van der Waals surface area contributed by atoms with E-state index in [0.29, 0.717) is 24.1 Å². The largest absolute Gasteiger partial charge is 0.416 e. The number of benzene rings is 1. The van der Waals surface area contributed by atoms with E-state index in [0.717, 1.165) is 12.1 Å². The monoisotopic (exact) mass is 340 g/mol. The van der Waals surface area contributed by atoms with Gasteiger partial charge in [-0.1, -0.05) is 17.3 Å². The standard InChI is InChI=1S/C16H19F3N4O/c1-10-7-15(24,8-13(20-10)14-9-23(2)22-21-14)11-3-5-12(6-4-11)16(17,18)19/h3-6,9-10,13,20,24H,7-8H2,1-2H3. The van der Waals surface area contributed by atoms with E-state index in [1.54, 1.807) is 17.9 Å². The van der Waals surface area contributed by atoms with Crippen molar-refractivity contribution in [1.82, 2.24) is 20.3 Å². The molecule has 0 saturated carbocycles. The van der Waals surface area contributed by atoms with Crippen molar-refractivity contribution in [3.8, 4) is 0 Å². The minimum atomic E-state index is -4.38. The molecule has 1 saturated heterocycles. The lowest BCUT2D eigenvalue weighted by Gasteiger charge is -2.40. The molecule has 8 heteroatoms. The molecule has 0 amide bonds. The number of halogens is 3. The van der Waals surface area contributed by atoms with Gasteiger partial charge in [0, 0.05) is 25.7 Å². The first-order valence-corrected chi connectivity index (χ1v) is 7.70. The second kappa shape index (κ2) is 5.86. The van der Waals surface area contributed by atoms with Crippen LogP contribution in [0, 0.1) is 0 Å². The molecule has 1 aliphatic heterocycles. The van der Waals surface area contributed by atoms with Crippen molar-refractivity contribution in [3.05, 3.63) is 47.3 Å². The highest BCUT2D eigenvalue weighted by molar-refractivity contribution is 5.30. The molecule has 5 nitrogen and oxygen atoms in total. The first kappa shape index (κ1) is 16.9. The van der Waals surface area contributed by atoms with Crippen molar-refractivity contribution in [2.75, 3.05) is 0 Å². The Morgan fingerprint density at radius 3 is 2.46 bits per heavy atom. The van der Waals surface area contributed by atoms with Crippen LogP contribution in [0.25, 0.3) is 0 Å². The predicted octanol–water partition coefficient (Wildman–Crippen LogP) is 2.53. The zero-order chi connectivity index (χ0) is 17.5. The van der Waals surface area contributed by atoms with Crippen molar-refractivity contribution in [1.29, 1.82) is 0 Å². The maximum Gasteiger partial charge on any atom is 0.416 e. The molecule has 24 heavy (non-hydrogen) atoms. The van der Waals surface area contributed by atoms with Gasteiger partial charge in [-0.3, -0.25) is 4.68 Å². The minimum Gasteiger partial charge on any atom is -0.385 e.